The molecule has 0 radical (unpaired) electrons. The number of hydrogen-bond donors (Lipinski definition) is 2. The topological polar surface area (TPSA) is 79.2 Å². The second kappa shape index (κ2) is 7.68. The summed E-state index contributed by atoms with van der Waals surface area (Å²) in [6.45, 7) is 3.39. The van der Waals surface area contributed by atoms with Crippen LogP contribution in [0.4, 0.5) is 0 Å². The van der Waals surface area contributed by atoms with Gasteiger partial charge in [0.2, 0.25) is 5.56 Å². The molecule has 2 aromatic rings. The number of rotatable bonds is 2. The van der Waals surface area contributed by atoms with Crippen molar-refractivity contribution in [1.29, 1.82) is 0 Å². The van der Waals surface area contributed by atoms with Crippen LogP contribution in [0.3, 0.4) is 0 Å². The molecule has 1 amide bonds. The highest BCUT2D eigenvalue weighted by atomic mass is 79.9. The van der Waals surface area contributed by atoms with Crippen LogP contribution in [0.1, 0.15) is 30.1 Å². The maximum absolute atomic E-state index is 12.9. The van der Waals surface area contributed by atoms with E-state index in [2.05, 4.69) is 20.9 Å². The van der Waals surface area contributed by atoms with Gasteiger partial charge in [-0.25, -0.2) is 0 Å². The highest BCUT2D eigenvalue weighted by Gasteiger charge is 2.26. The fourth-order valence-corrected chi connectivity index (χ4v) is 3.68. The maximum Gasteiger partial charge on any atom is 0.254 e. The summed E-state index contributed by atoms with van der Waals surface area (Å²) in [6, 6.07) is 7.13. The number of nitrogens with one attached hydrogen (secondary N) is 1. The Labute approximate surface area is 155 Å². The Hall–Kier alpha value is -1.37. The lowest BCUT2D eigenvalue weighted by atomic mass is 9.90. The first-order valence-electron chi connectivity index (χ1n) is 7.84. The van der Waals surface area contributed by atoms with Crippen molar-refractivity contribution in [2.45, 2.75) is 25.8 Å². The predicted octanol–water partition coefficient (Wildman–Crippen LogP) is 2.91. The SMILES string of the molecule is CC(N)C1CCN(C(=O)c2cc(=O)[nH]c3c(Br)cccc23)CC1.Cl. The van der Waals surface area contributed by atoms with Crippen LogP contribution in [0, 0.1) is 5.92 Å². The summed E-state index contributed by atoms with van der Waals surface area (Å²) in [7, 11) is 0. The first kappa shape index (κ1) is 19.0. The standard InChI is InChI=1S/C17H20BrN3O2.ClH/c1-10(19)11-5-7-21(8-6-11)17(23)13-9-15(22)20-16-12(13)3-2-4-14(16)18;/h2-4,9-11H,5-8,19H2,1H3,(H,20,22);1H. The number of benzene rings is 1. The fraction of sp³-hybridized carbons (Fsp3) is 0.412. The number of amides is 1. The average molecular weight is 415 g/mol. The number of H-pyrrole nitrogens is 1. The van der Waals surface area contributed by atoms with Gasteiger partial charge in [0, 0.05) is 35.1 Å². The third-order valence-corrected chi connectivity index (χ3v) is 5.29. The van der Waals surface area contributed by atoms with Gasteiger partial charge in [0.05, 0.1) is 11.1 Å². The van der Waals surface area contributed by atoms with Crippen molar-refractivity contribution in [3.63, 3.8) is 0 Å². The molecular formula is C17H21BrClN3O2. The van der Waals surface area contributed by atoms with Crippen LogP contribution >= 0.6 is 28.3 Å². The van der Waals surface area contributed by atoms with Crippen molar-refractivity contribution >= 4 is 45.1 Å². The number of aromatic nitrogens is 1. The van der Waals surface area contributed by atoms with Crippen LogP contribution < -0.4 is 11.3 Å². The number of para-hydroxylation sites is 1. The van der Waals surface area contributed by atoms with Gasteiger partial charge in [-0.05, 0) is 47.7 Å². The quantitative estimate of drug-likeness (QED) is 0.793. The molecule has 0 spiro atoms. The Morgan fingerprint density at radius 3 is 2.67 bits per heavy atom. The summed E-state index contributed by atoms with van der Waals surface area (Å²) in [4.78, 5) is 29.4. The molecule has 0 bridgehead atoms. The summed E-state index contributed by atoms with van der Waals surface area (Å²) in [5.41, 5.74) is 6.81. The highest BCUT2D eigenvalue weighted by Crippen LogP contribution is 2.26. The lowest BCUT2D eigenvalue weighted by molar-refractivity contribution is 0.0683. The number of likely N-dealkylation sites (tertiary alicyclic amines) is 1. The molecule has 1 aromatic carbocycles. The first-order valence-corrected chi connectivity index (χ1v) is 8.63. The summed E-state index contributed by atoms with van der Waals surface area (Å²) >= 11 is 3.43. The number of carbonyl (C=O) groups excluding carboxylic acids is 1. The predicted molar refractivity (Wildman–Crippen MR) is 102 cm³/mol. The van der Waals surface area contributed by atoms with Crippen LogP contribution in [0.15, 0.2) is 33.5 Å². The van der Waals surface area contributed by atoms with Crippen molar-refractivity contribution in [3.8, 4) is 0 Å². The van der Waals surface area contributed by atoms with Crippen LogP contribution in [-0.4, -0.2) is 34.9 Å². The van der Waals surface area contributed by atoms with Gasteiger partial charge in [0.1, 0.15) is 0 Å². The molecule has 130 valence electrons. The van der Waals surface area contributed by atoms with Crippen LogP contribution in [0.5, 0.6) is 0 Å². The highest BCUT2D eigenvalue weighted by molar-refractivity contribution is 9.10. The van der Waals surface area contributed by atoms with Gasteiger partial charge < -0.3 is 15.6 Å². The van der Waals surface area contributed by atoms with E-state index >= 15 is 0 Å². The van der Waals surface area contributed by atoms with Crippen molar-refractivity contribution in [3.05, 3.63) is 44.7 Å². The van der Waals surface area contributed by atoms with E-state index in [0.717, 1.165) is 22.7 Å². The zero-order valence-corrected chi connectivity index (χ0v) is 15.8. The van der Waals surface area contributed by atoms with E-state index in [9.17, 15) is 9.59 Å². The van der Waals surface area contributed by atoms with Gasteiger partial charge in [-0.1, -0.05) is 12.1 Å². The molecule has 5 nitrogen and oxygen atoms in total. The summed E-state index contributed by atoms with van der Waals surface area (Å²) in [5.74, 6) is 0.381. The number of aromatic amines is 1. The smallest absolute Gasteiger partial charge is 0.254 e. The summed E-state index contributed by atoms with van der Waals surface area (Å²) in [6.07, 6.45) is 1.82. The van der Waals surface area contributed by atoms with Crippen LogP contribution in [0.25, 0.3) is 10.9 Å². The van der Waals surface area contributed by atoms with E-state index < -0.39 is 0 Å². The minimum atomic E-state index is -0.266. The van der Waals surface area contributed by atoms with E-state index in [4.69, 9.17) is 5.73 Å². The Morgan fingerprint density at radius 1 is 1.38 bits per heavy atom. The van der Waals surface area contributed by atoms with Gasteiger partial charge in [-0.3, -0.25) is 9.59 Å². The number of halogens is 2. The third-order valence-electron chi connectivity index (χ3n) is 4.63. The molecular weight excluding hydrogens is 394 g/mol. The molecule has 1 fully saturated rings. The molecule has 24 heavy (non-hydrogen) atoms. The van der Waals surface area contributed by atoms with Gasteiger partial charge in [0.25, 0.3) is 5.91 Å². The number of nitrogens with zero attached hydrogens (tertiary/aromatic N) is 1. The van der Waals surface area contributed by atoms with Crippen LogP contribution in [-0.2, 0) is 0 Å². The number of fused-ring (bicyclic) bond motifs is 1. The van der Waals surface area contributed by atoms with Gasteiger partial charge >= 0.3 is 0 Å². The van der Waals surface area contributed by atoms with E-state index in [-0.39, 0.29) is 29.9 Å². The fourth-order valence-electron chi connectivity index (χ4n) is 3.22. The molecule has 1 atom stereocenters. The Bertz CT molecular complexity index is 798. The van der Waals surface area contributed by atoms with E-state index in [1.54, 1.807) is 0 Å². The van der Waals surface area contributed by atoms with Gasteiger partial charge in [-0.15, -0.1) is 12.4 Å². The molecule has 1 aromatic heterocycles. The minimum absolute atomic E-state index is 0. The maximum atomic E-state index is 12.9. The Balaban J connectivity index is 0.00000208. The van der Waals surface area contributed by atoms with E-state index in [1.165, 1.54) is 6.07 Å². The zero-order valence-electron chi connectivity index (χ0n) is 13.4. The third kappa shape index (κ3) is 3.66. The van der Waals surface area contributed by atoms with Gasteiger partial charge in [0.15, 0.2) is 0 Å². The molecule has 1 aliphatic rings. The summed E-state index contributed by atoms with van der Waals surface area (Å²) < 4.78 is 0.775. The second-order valence-electron chi connectivity index (χ2n) is 6.20. The largest absolute Gasteiger partial charge is 0.339 e. The van der Waals surface area contributed by atoms with Crippen molar-refractivity contribution in [2.24, 2.45) is 11.7 Å². The normalized spacial score (nSPS) is 16.7. The molecule has 7 heteroatoms. The van der Waals surface area contributed by atoms with E-state index in [0.29, 0.717) is 30.1 Å². The van der Waals surface area contributed by atoms with Crippen molar-refractivity contribution < 1.29 is 4.79 Å². The molecule has 2 heterocycles. The lowest BCUT2D eigenvalue weighted by Gasteiger charge is -2.33. The Morgan fingerprint density at radius 2 is 2.04 bits per heavy atom. The minimum Gasteiger partial charge on any atom is -0.339 e. The monoisotopic (exact) mass is 413 g/mol. The molecule has 1 aliphatic heterocycles. The van der Waals surface area contributed by atoms with Crippen molar-refractivity contribution in [1.82, 2.24) is 9.88 Å². The first-order chi connectivity index (χ1) is 11.0. The number of pyridine rings is 1. The lowest BCUT2D eigenvalue weighted by Crippen LogP contribution is -2.42. The van der Waals surface area contributed by atoms with Crippen molar-refractivity contribution in [2.75, 3.05) is 13.1 Å². The molecule has 3 N–H and O–H groups in total. The molecule has 1 saturated heterocycles. The molecule has 0 saturated carbocycles. The number of piperidine rings is 1. The average Bonchev–Trinajstić information content (AvgIpc) is 2.54. The summed E-state index contributed by atoms with van der Waals surface area (Å²) in [5, 5.41) is 0.762. The Kier molecular flexibility index (Phi) is 6.06. The molecule has 1 unspecified atom stereocenters. The molecule has 3 rings (SSSR count). The molecule has 0 aliphatic carbocycles. The number of nitrogens with two attached hydrogens (primary N) is 1. The van der Waals surface area contributed by atoms with E-state index in [1.807, 2.05) is 30.0 Å². The number of carbonyl (C=O) groups is 1. The second-order valence-corrected chi connectivity index (χ2v) is 7.05. The zero-order chi connectivity index (χ0) is 16.6. The number of hydrogen-bond acceptors (Lipinski definition) is 3. The van der Waals surface area contributed by atoms with Gasteiger partial charge in [-0.2, -0.15) is 0 Å². The van der Waals surface area contributed by atoms with Crippen LogP contribution in [0.2, 0.25) is 0 Å².